The largest absolute Gasteiger partial charge is 0.295 e. The van der Waals surface area contributed by atoms with E-state index in [1.807, 2.05) is 0 Å². The molecule has 0 rings (SSSR count). The van der Waals surface area contributed by atoms with Crippen molar-refractivity contribution in [1.29, 1.82) is 5.41 Å². The summed E-state index contributed by atoms with van der Waals surface area (Å²) in [6, 6.07) is 0. The highest BCUT2D eigenvalue weighted by Crippen LogP contribution is 1.88. The molecule has 0 heterocycles. The number of hydroxylamine groups is 2. The van der Waals surface area contributed by atoms with Gasteiger partial charge in [0.25, 0.3) is 5.91 Å². The van der Waals surface area contributed by atoms with Gasteiger partial charge in [-0.2, -0.15) is 0 Å². The third kappa shape index (κ3) is 2.95. The fourth-order valence-electron chi connectivity index (χ4n) is 0.490. The highest BCUT2D eigenvalue weighted by atomic mass is 16.7. The molecule has 0 saturated heterocycles. The molecule has 11 heavy (non-hydrogen) atoms. The molecule has 62 valence electrons. The molecule has 0 aliphatic rings. The highest BCUT2D eigenvalue weighted by molar-refractivity contribution is 6.41. The van der Waals surface area contributed by atoms with E-state index in [9.17, 15) is 4.79 Å². The molecule has 0 aliphatic carbocycles. The monoisotopic (exact) mass is 156 g/mol. The van der Waals surface area contributed by atoms with E-state index in [4.69, 9.17) is 5.41 Å². The van der Waals surface area contributed by atoms with Crippen LogP contribution in [0.4, 0.5) is 0 Å². The molecular weight excluding hydrogens is 144 g/mol. The fourth-order valence-corrected chi connectivity index (χ4v) is 0.490. The number of rotatable bonds is 3. The molecule has 4 nitrogen and oxygen atoms in total. The van der Waals surface area contributed by atoms with Gasteiger partial charge in [0.2, 0.25) is 0 Å². The number of nitrogens with one attached hydrogen (secondary N) is 1. The van der Waals surface area contributed by atoms with Crippen LogP contribution < -0.4 is 0 Å². The molecule has 4 heteroatoms. The summed E-state index contributed by atoms with van der Waals surface area (Å²) in [4.78, 5) is 15.6. The van der Waals surface area contributed by atoms with Gasteiger partial charge in [-0.05, 0) is 13.0 Å². The lowest BCUT2D eigenvalue weighted by atomic mass is 10.3. The third-order valence-corrected chi connectivity index (χ3v) is 1.12. The predicted octanol–water partition coefficient (Wildman–Crippen LogP) is 0.602. The van der Waals surface area contributed by atoms with E-state index in [0.717, 1.165) is 5.06 Å². The van der Waals surface area contributed by atoms with Gasteiger partial charge in [-0.3, -0.25) is 15.0 Å². The molecule has 1 N–H and O–H groups in total. The van der Waals surface area contributed by atoms with Crippen LogP contribution in [0.25, 0.3) is 0 Å². The first-order chi connectivity index (χ1) is 5.13. The van der Waals surface area contributed by atoms with Gasteiger partial charge in [0.1, 0.15) is 5.71 Å². The van der Waals surface area contributed by atoms with Crippen LogP contribution in [0.3, 0.4) is 0 Å². The second-order valence-corrected chi connectivity index (χ2v) is 1.90. The summed E-state index contributed by atoms with van der Waals surface area (Å²) in [7, 11) is 2.83. The van der Waals surface area contributed by atoms with Crippen LogP contribution in [0.1, 0.15) is 6.92 Å². The Hall–Kier alpha value is -1.16. The number of nitrogens with zero attached hydrogens (tertiary/aromatic N) is 1. The van der Waals surface area contributed by atoms with Crippen molar-refractivity contribution in [2.45, 2.75) is 6.92 Å². The van der Waals surface area contributed by atoms with Gasteiger partial charge in [0, 0.05) is 7.05 Å². The second kappa shape index (κ2) is 4.62. The summed E-state index contributed by atoms with van der Waals surface area (Å²) in [5, 5.41) is 8.17. The van der Waals surface area contributed by atoms with Crippen molar-refractivity contribution < 1.29 is 9.63 Å². The zero-order valence-electron chi connectivity index (χ0n) is 6.92. The Labute approximate surface area is 65.9 Å². The van der Waals surface area contributed by atoms with E-state index in [1.54, 1.807) is 13.0 Å². The maximum absolute atomic E-state index is 11.0. The zero-order valence-corrected chi connectivity index (χ0v) is 6.92. The summed E-state index contributed by atoms with van der Waals surface area (Å²) < 4.78 is 0. The van der Waals surface area contributed by atoms with Crippen molar-refractivity contribution in [2.24, 2.45) is 0 Å². The van der Waals surface area contributed by atoms with Crippen LogP contribution in [-0.2, 0) is 9.63 Å². The molecule has 0 atom stereocenters. The SMILES string of the molecule is C/C=C/C(=N)C(=O)N(C)OC. The first-order valence-corrected chi connectivity index (χ1v) is 3.17. The lowest BCUT2D eigenvalue weighted by Gasteiger charge is -2.11. The third-order valence-electron chi connectivity index (χ3n) is 1.12. The minimum atomic E-state index is -0.453. The van der Waals surface area contributed by atoms with E-state index in [1.165, 1.54) is 20.2 Å². The molecule has 0 aromatic carbocycles. The minimum absolute atomic E-state index is 0.0862. The molecule has 0 bridgehead atoms. The maximum Gasteiger partial charge on any atom is 0.294 e. The lowest BCUT2D eigenvalue weighted by Crippen LogP contribution is -2.30. The molecule has 0 radical (unpaired) electrons. The second-order valence-electron chi connectivity index (χ2n) is 1.90. The molecule has 0 fully saturated rings. The standard InChI is InChI=1S/C7H12N2O2/c1-4-5-6(8)7(10)9(2)11-3/h4-5,8H,1-3H3/b5-4+,8-6?. The molecule has 0 aromatic heterocycles. The number of hydrogen-bond acceptors (Lipinski definition) is 3. The van der Waals surface area contributed by atoms with Gasteiger partial charge in [-0.15, -0.1) is 0 Å². The van der Waals surface area contributed by atoms with Gasteiger partial charge < -0.3 is 0 Å². The van der Waals surface area contributed by atoms with Crippen molar-refractivity contribution in [3.05, 3.63) is 12.2 Å². The van der Waals surface area contributed by atoms with E-state index in [2.05, 4.69) is 4.84 Å². The summed E-state index contributed by atoms with van der Waals surface area (Å²) in [5.41, 5.74) is -0.0862. The Morgan fingerprint density at radius 3 is 2.55 bits per heavy atom. The van der Waals surface area contributed by atoms with Crippen LogP contribution >= 0.6 is 0 Å². The van der Waals surface area contributed by atoms with Crippen molar-refractivity contribution in [2.75, 3.05) is 14.2 Å². The number of carbonyl (C=O) groups is 1. The van der Waals surface area contributed by atoms with E-state index >= 15 is 0 Å². The minimum Gasteiger partial charge on any atom is -0.295 e. The van der Waals surface area contributed by atoms with E-state index < -0.39 is 5.91 Å². The van der Waals surface area contributed by atoms with E-state index in [0.29, 0.717) is 0 Å². The van der Waals surface area contributed by atoms with Gasteiger partial charge in [0.15, 0.2) is 0 Å². The molecule has 0 aromatic rings. The Morgan fingerprint density at radius 2 is 2.18 bits per heavy atom. The lowest BCUT2D eigenvalue weighted by molar-refractivity contribution is -0.160. The Bertz CT molecular complexity index is 187. The summed E-state index contributed by atoms with van der Waals surface area (Å²) in [6.45, 7) is 1.74. The van der Waals surface area contributed by atoms with Crippen LogP contribution in [-0.4, -0.2) is 30.8 Å². The number of allylic oxidation sites excluding steroid dienone is 1. The molecule has 0 saturated carbocycles. The first-order valence-electron chi connectivity index (χ1n) is 3.17. The zero-order chi connectivity index (χ0) is 8.85. The topological polar surface area (TPSA) is 53.4 Å². The van der Waals surface area contributed by atoms with Crippen molar-refractivity contribution in [3.8, 4) is 0 Å². The average Bonchev–Trinajstić information content (AvgIpc) is 2.02. The number of amides is 1. The van der Waals surface area contributed by atoms with Crippen LogP contribution in [0, 0.1) is 5.41 Å². The van der Waals surface area contributed by atoms with Crippen molar-refractivity contribution >= 4 is 11.6 Å². The number of carbonyl (C=O) groups excluding carboxylic acids is 1. The van der Waals surface area contributed by atoms with Gasteiger partial charge in [-0.25, -0.2) is 5.06 Å². The molecule has 0 unspecified atom stereocenters. The molecule has 1 amide bonds. The Kier molecular flexibility index (Phi) is 4.14. The van der Waals surface area contributed by atoms with Crippen molar-refractivity contribution in [1.82, 2.24) is 5.06 Å². The quantitative estimate of drug-likeness (QED) is 0.480. The number of hydrogen-bond donors (Lipinski definition) is 1. The first kappa shape index (κ1) is 9.84. The molecule has 0 spiro atoms. The van der Waals surface area contributed by atoms with Crippen LogP contribution in [0.5, 0.6) is 0 Å². The molecule has 0 aliphatic heterocycles. The predicted molar refractivity (Wildman–Crippen MR) is 42.3 cm³/mol. The Balaban J connectivity index is 4.13. The van der Waals surface area contributed by atoms with Crippen LogP contribution in [0.2, 0.25) is 0 Å². The average molecular weight is 156 g/mol. The van der Waals surface area contributed by atoms with Gasteiger partial charge in [0.05, 0.1) is 7.11 Å². The molecular formula is C7H12N2O2. The normalized spacial score (nSPS) is 10.1. The highest BCUT2D eigenvalue weighted by Gasteiger charge is 2.10. The maximum atomic E-state index is 11.0. The van der Waals surface area contributed by atoms with Gasteiger partial charge >= 0.3 is 0 Å². The van der Waals surface area contributed by atoms with Crippen molar-refractivity contribution in [3.63, 3.8) is 0 Å². The Morgan fingerprint density at radius 1 is 1.64 bits per heavy atom. The summed E-state index contributed by atoms with van der Waals surface area (Å²) >= 11 is 0. The van der Waals surface area contributed by atoms with Gasteiger partial charge in [-0.1, -0.05) is 6.08 Å². The summed E-state index contributed by atoms with van der Waals surface area (Å²) in [6.07, 6.45) is 3.04. The smallest absolute Gasteiger partial charge is 0.294 e. The van der Waals surface area contributed by atoms with E-state index in [-0.39, 0.29) is 5.71 Å². The fraction of sp³-hybridized carbons (Fsp3) is 0.429. The van der Waals surface area contributed by atoms with Crippen LogP contribution in [0.15, 0.2) is 12.2 Å². The summed E-state index contributed by atoms with van der Waals surface area (Å²) in [5.74, 6) is -0.453.